The number of fused-ring (bicyclic) bond motifs is 1. The topological polar surface area (TPSA) is 78.3 Å². The zero-order valence-corrected chi connectivity index (χ0v) is 20.8. The molecule has 0 saturated carbocycles. The van der Waals surface area contributed by atoms with E-state index in [-0.39, 0.29) is 5.91 Å². The van der Waals surface area contributed by atoms with Crippen LogP contribution in [0.2, 0.25) is 0 Å². The Hall–Kier alpha value is -3.72. The first-order valence-electron chi connectivity index (χ1n) is 12.3. The van der Waals surface area contributed by atoms with Gasteiger partial charge in [0.05, 0.1) is 25.9 Å². The number of aryl methyl sites for hydroxylation is 1. The van der Waals surface area contributed by atoms with Crippen molar-refractivity contribution in [1.82, 2.24) is 19.6 Å². The van der Waals surface area contributed by atoms with Crippen molar-refractivity contribution < 1.29 is 23.7 Å². The van der Waals surface area contributed by atoms with Gasteiger partial charge in [0.25, 0.3) is 5.91 Å². The van der Waals surface area contributed by atoms with Gasteiger partial charge in [0.2, 0.25) is 0 Å². The third kappa shape index (κ3) is 5.41. The smallest absolute Gasteiger partial charge is 0.257 e. The molecular formula is C27H32N4O5. The molecule has 1 aromatic heterocycles. The first-order valence-corrected chi connectivity index (χ1v) is 12.3. The van der Waals surface area contributed by atoms with Crippen molar-refractivity contribution in [2.24, 2.45) is 7.05 Å². The maximum atomic E-state index is 13.5. The molecule has 2 aromatic carbocycles. The van der Waals surface area contributed by atoms with Gasteiger partial charge in [-0.05, 0) is 42.5 Å². The molecule has 2 aliphatic heterocycles. The summed E-state index contributed by atoms with van der Waals surface area (Å²) in [7, 11) is 3.49. The molecule has 0 aliphatic carbocycles. The highest BCUT2D eigenvalue weighted by Gasteiger charge is 2.26. The molecule has 0 bridgehead atoms. The molecule has 5 rings (SSSR count). The number of carbonyl (C=O) groups excluding carboxylic acids is 1. The first kappa shape index (κ1) is 24.0. The van der Waals surface area contributed by atoms with Gasteiger partial charge >= 0.3 is 0 Å². The number of ether oxygens (including phenoxy) is 4. The van der Waals surface area contributed by atoms with E-state index in [9.17, 15) is 4.79 Å². The van der Waals surface area contributed by atoms with Crippen LogP contribution in [0.5, 0.6) is 23.0 Å². The SMILES string of the molecule is COc1ccc(OCCN2CCN(C(=O)c3cn(C)nc3-c3ccc4c(c3)OCCCO4)CC2)cc1. The van der Waals surface area contributed by atoms with Gasteiger partial charge in [-0.2, -0.15) is 5.10 Å². The molecule has 36 heavy (non-hydrogen) atoms. The Kier molecular flexibility index (Phi) is 7.27. The van der Waals surface area contributed by atoms with E-state index in [0.717, 1.165) is 48.9 Å². The highest BCUT2D eigenvalue weighted by Crippen LogP contribution is 2.35. The number of benzene rings is 2. The lowest BCUT2D eigenvalue weighted by molar-refractivity contribution is 0.0621. The van der Waals surface area contributed by atoms with Crippen LogP contribution in [0.1, 0.15) is 16.8 Å². The normalized spacial score (nSPS) is 15.9. The molecule has 2 aliphatic rings. The van der Waals surface area contributed by atoms with Crippen LogP contribution >= 0.6 is 0 Å². The van der Waals surface area contributed by atoms with Crippen molar-refractivity contribution >= 4 is 5.91 Å². The highest BCUT2D eigenvalue weighted by molar-refractivity contribution is 6.00. The average Bonchev–Trinajstić information content (AvgIpc) is 3.15. The molecule has 0 radical (unpaired) electrons. The summed E-state index contributed by atoms with van der Waals surface area (Å²) in [5, 5.41) is 4.60. The predicted molar refractivity (Wildman–Crippen MR) is 135 cm³/mol. The first-order chi connectivity index (χ1) is 17.6. The maximum Gasteiger partial charge on any atom is 0.257 e. The van der Waals surface area contributed by atoms with Gasteiger partial charge in [-0.3, -0.25) is 14.4 Å². The van der Waals surface area contributed by atoms with E-state index in [1.165, 1.54) is 0 Å². The lowest BCUT2D eigenvalue weighted by Crippen LogP contribution is -2.49. The van der Waals surface area contributed by atoms with Crippen molar-refractivity contribution in [3.05, 3.63) is 54.2 Å². The number of aromatic nitrogens is 2. The lowest BCUT2D eigenvalue weighted by atomic mass is 10.1. The quantitative estimate of drug-likeness (QED) is 0.502. The van der Waals surface area contributed by atoms with Gasteiger partial charge in [-0.1, -0.05) is 0 Å². The standard InChI is InChI=1S/C27H32N4O5/c1-29-19-23(26(28-29)20-4-9-24-25(18-20)36-16-3-15-35-24)27(32)31-12-10-30(11-13-31)14-17-34-22-7-5-21(33-2)6-8-22/h4-9,18-19H,3,10-17H2,1-2H3. The second-order valence-electron chi connectivity index (χ2n) is 8.93. The van der Waals surface area contributed by atoms with Gasteiger partial charge < -0.3 is 23.8 Å². The van der Waals surface area contributed by atoms with E-state index in [0.29, 0.717) is 49.9 Å². The van der Waals surface area contributed by atoms with Crippen molar-refractivity contribution in [2.45, 2.75) is 6.42 Å². The monoisotopic (exact) mass is 492 g/mol. The van der Waals surface area contributed by atoms with E-state index >= 15 is 0 Å². The van der Waals surface area contributed by atoms with Crippen molar-refractivity contribution in [2.75, 3.05) is 59.7 Å². The number of amides is 1. The van der Waals surface area contributed by atoms with Crippen LogP contribution in [0.4, 0.5) is 0 Å². The number of hydrogen-bond donors (Lipinski definition) is 0. The van der Waals surface area contributed by atoms with Crippen LogP contribution in [0, 0.1) is 0 Å². The molecule has 1 amide bonds. The molecule has 0 N–H and O–H groups in total. The molecule has 3 aromatic rings. The molecule has 0 unspecified atom stereocenters. The summed E-state index contributed by atoms with van der Waals surface area (Å²) in [6.07, 6.45) is 2.65. The van der Waals surface area contributed by atoms with Crippen molar-refractivity contribution in [3.8, 4) is 34.3 Å². The number of rotatable bonds is 7. The summed E-state index contributed by atoms with van der Waals surface area (Å²) in [5.74, 6) is 3.05. The molecule has 0 spiro atoms. The number of hydrogen-bond acceptors (Lipinski definition) is 7. The van der Waals surface area contributed by atoms with Crippen LogP contribution in [-0.4, -0.2) is 85.1 Å². The van der Waals surface area contributed by atoms with Gasteiger partial charge in [-0.25, -0.2) is 0 Å². The maximum absolute atomic E-state index is 13.5. The number of methoxy groups -OCH3 is 1. The van der Waals surface area contributed by atoms with E-state index in [1.54, 1.807) is 18.0 Å². The Balaban J connectivity index is 1.18. The predicted octanol–water partition coefficient (Wildman–Crippen LogP) is 3.09. The molecule has 1 saturated heterocycles. The summed E-state index contributed by atoms with van der Waals surface area (Å²) in [5.41, 5.74) is 2.11. The summed E-state index contributed by atoms with van der Waals surface area (Å²) in [6.45, 7) is 5.59. The summed E-state index contributed by atoms with van der Waals surface area (Å²) < 4.78 is 24.3. The van der Waals surface area contributed by atoms with Crippen molar-refractivity contribution in [3.63, 3.8) is 0 Å². The zero-order valence-electron chi connectivity index (χ0n) is 20.8. The van der Waals surface area contributed by atoms with Crippen molar-refractivity contribution in [1.29, 1.82) is 0 Å². The third-order valence-corrected chi connectivity index (χ3v) is 6.48. The molecule has 9 heteroatoms. The number of carbonyl (C=O) groups is 1. The minimum Gasteiger partial charge on any atom is -0.497 e. The summed E-state index contributed by atoms with van der Waals surface area (Å²) in [6, 6.07) is 13.3. The Bertz CT molecular complexity index is 1190. The Morgan fingerprint density at radius 2 is 1.69 bits per heavy atom. The van der Waals surface area contributed by atoms with E-state index in [4.69, 9.17) is 18.9 Å². The van der Waals surface area contributed by atoms with Gasteiger partial charge in [-0.15, -0.1) is 0 Å². The summed E-state index contributed by atoms with van der Waals surface area (Å²) in [4.78, 5) is 17.7. The Morgan fingerprint density at radius 3 is 2.44 bits per heavy atom. The minimum absolute atomic E-state index is 0.000607. The van der Waals surface area contributed by atoms with Crippen LogP contribution in [0.15, 0.2) is 48.7 Å². The second-order valence-corrected chi connectivity index (χ2v) is 8.93. The Labute approximate surface area is 211 Å². The molecular weight excluding hydrogens is 460 g/mol. The molecule has 0 atom stereocenters. The largest absolute Gasteiger partial charge is 0.497 e. The fourth-order valence-corrected chi connectivity index (χ4v) is 4.48. The Morgan fingerprint density at radius 1 is 0.972 bits per heavy atom. The molecule has 9 nitrogen and oxygen atoms in total. The van der Waals surface area contributed by atoms with E-state index in [1.807, 2.05) is 54.4 Å². The highest BCUT2D eigenvalue weighted by atomic mass is 16.5. The minimum atomic E-state index is -0.000607. The molecule has 190 valence electrons. The summed E-state index contributed by atoms with van der Waals surface area (Å²) >= 11 is 0. The molecule has 3 heterocycles. The third-order valence-electron chi connectivity index (χ3n) is 6.48. The lowest BCUT2D eigenvalue weighted by Gasteiger charge is -2.34. The molecule has 1 fully saturated rings. The second kappa shape index (κ2) is 10.9. The van der Waals surface area contributed by atoms with E-state index < -0.39 is 0 Å². The van der Waals surface area contributed by atoms with Gasteiger partial charge in [0, 0.05) is 58.0 Å². The van der Waals surface area contributed by atoms with Crippen LogP contribution in [0.3, 0.4) is 0 Å². The number of piperazine rings is 1. The van der Waals surface area contributed by atoms with Crippen LogP contribution in [0.25, 0.3) is 11.3 Å². The van der Waals surface area contributed by atoms with Gasteiger partial charge in [0.15, 0.2) is 11.5 Å². The zero-order chi connectivity index (χ0) is 24.9. The fraction of sp³-hybridized carbons (Fsp3) is 0.407. The fourth-order valence-electron chi connectivity index (χ4n) is 4.48. The van der Waals surface area contributed by atoms with E-state index in [2.05, 4.69) is 10.00 Å². The number of nitrogens with zero attached hydrogens (tertiary/aromatic N) is 4. The van der Waals surface area contributed by atoms with Crippen LogP contribution < -0.4 is 18.9 Å². The average molecular weight is 493 g/mol. The van der Waals surface area contributed by atoms with Gasteiger partial charge in [0.1, 0.15) is 23.8 Å². The van der Waals surface area contributed by atoms with Crippen LogP contribution in [-0.2, 0) is 7.05 Å².